The second kappa shape index (κ2) is 7.11. The van der Waals surface area contributed by atoms with Gasteiger partial charge in [-0.3, -0.25) is 4.79 Å². The first-order chi connectivity index (χ1) is 13.1. The first-order valence-corrected chi connectivity index (χ1v) is 8.86. The van der Waals surface area contributed by atoms with Gasteiger partial charge in [0.25, 0.3) is 5.91 Å². The van der Waals surface area contributed by atoms with E-state index in [1.54, 1.807) is 25.1 Å². The molecular formula is C22H19NO4. The molecule has 0 spiro atoms. The molecule has 5 heteroatoms. The Morgan fingerprint density at radius 3 is 2.70 bits per heavy atom. The molecule has 0 fully saturated rings. The van der Waals surface area contributed by atoms with Crippen molar-refractivity contribution < 1.29 is 19.1 Å². The van der Waals surface area contributed by atoms with Crippen LogP contribution in [-0.4, -0.2) is 24.6 Å². The van der Waals surface area contributed by atoms with Crippen LogP contribution in [-0.2, 0) is 16.0 Å². The summed E-state index contributed by atoms with van der Waals surface area (Å²) in [6.45, 7) is 2.18. The normalized spacial score (nSPS) is 13.5. The summed E-state index contributed by atoms with van der Waals surface area (Å²) in [6.07, 6.45) is -0.137. The zero-order valence-electron chi connectivity index (χ0n) is 14.9. The number of hydrogen-bond donors (Lipinski definition) is 1. The number of rotatable bonds is 4. The number of nitrogens with one attached hydrogen (secondary N) is 1. The molecule has 0 bridgehead atoms. The minimum absolute atomic E-state index is 0.372. The van der Waals surface area contributed by atoms with Crippen LogP contribution in [0, 0.1) is 0 Å². The molecule has 1 atom stereocenters. The molecule has 1 unspecified atom stereocenters. The van der Waals surface area contributed by atoms with Crippen molar-refractivity contribution in [2.45, 2.75) is 19.4 Å². The van der Waals surface area contributed by atoms with Crippen LogP contribution < -0.4 is 10.1 Å². The zero-order valence-corrected chi connectivity index (χ0v) is 14.9. The fourth-order valence-electron chi connectivity index (χ4n) is 3.11. The second-order valence-corrected chi connectivity index (χ2v) is 6.52. The quantitative estimate of drug-likeness (QED) is 0.715. The van der Waals surface area contributed by atoms with Crippen molar-refractivity contribution >= 4 is 28.3 Å². The van der Waals surface area contributed by atoms with Gasteiger partial charge in [-0.25, -0.2) is 4.79 Å². The Kier molecular flexibility index (Phi) is 4.50. The van der Waals surface area contributed by atoms with Gasteiger partial charge in [0.05, 0.1) is 12.2 Å². The zero-order chi connectivity index (χ0) is 18.8. The molecular weight excluding hydrogens is 342 g/mol. The van der Waals surface area contributed by atoms with Crippen molar-refractivity contribution in [2.75, 3.05) is 11.9 Å². The Balaban J connectivity index is 1.41. The lowest BCUT2D eigenvalue weighted by atomic mass is 10.1. The van der Waals surface area contributed by atoms with Gasteiger partial charge in [0.2, 0.25) is 0 Å². The lowest BCUT2D eigenvalue weighted by Gasteiger charge is -2.14. The van der Waals surface area contributed by atoms with Gasteiger partial charge < -0.3 is 14.8 Å². The van der Waals surface area contributed by atoms with Gasteiger partial charge in [-0.05, 0) is 53.6 Å². The second-order valence-electron chi connectivity index (χ2n) is 6.52. The smallest absolute Gasteiger partial charge is 0.338 e. The molecule has 1 aliphatic rings. The number of hydrogen-bond acceptors (Lipinski definition) is 4. The molecule has 3 aromatic carbocycles. The highest BCUT2D eigenvalue weighted by Gasteiger charge is 2.21. The van der Waals surface area contributed by atoms with E-state index in [-0.39, 0.29) is 5.91 Å². The lowest BCUT2D eigenvalue weighted by molar-refractivity contribution is -0.123. The summed E-state index contributed by atoms with van der Waals surface area (Å²) >= 11 is 0. The Hall–Kier alpha value is -3.34. The number of amides is 1. The lowest BCUT2D eigenvalue weighted by Crippen LogP contribution is -2.30. The minimum Gasteiger partial charge on any atom is -0.493 e. The SMILES string of the molecule is CC(OC(=O)c1ccc2c(c1)CCO2)C(=O)Nc1ccc2ccccc2c1. The summed E-state index contributed by atoms with van der Waals surface area (Å²) in [5.41, 5.74) is 2.07. The largest absolute Gasteiger partial charge is 0.493 e. The van der Waals surface area contributed by atoms with Gasteiger partial charge in [-0.1, -0.05) is 30.3 Å². The molecule has 136 valence electrons. The molecule has 0 aromatic heterocycles. The first kappa shape index (κ1) is 17.1. The van der Waals surface area contributed by atoms with Crippen LogP contribution in [0.5, 0.6) is 5.75 Å². The summed E-state index contributed by atoms with van der Waals surface area (Å²) in [6, 6.07) is 18.7. The maximum atomic E-state index is 12.4. The minimum atomic E-state index is -0.909. The Morgan fingerprint density at radius 1 is 1.04 bits per heavy atom. The van der Waals surface area contributed by atoms with Gasteiger partial charge in [0.1, 0.15) is 5.75 Å². The van der Waals surface area contributed by atoms with E-state index >= 15 is 0 Å². The molecule has 3 aromatic rings. The van der Waals surface area contributed by atoms with Gasteiger partial charge in [-0.15, -0.1) is 0 Å². The molecule has 0 saturated carbocycles. The van der Waals surface area contributed by atoms with Crippen LogP contribution >= 0.6 is 0 Å². The average molecular weight is 361 g/mol. The number of anilines is 1. The van der Waals surface area contributed by atoms with Crippen molar-refractivity contribution in [3.8, 4) is 5.75 Å². The third kappa shape index (κ3) is 3.62. The van der Waals surface area contributed by atoms with E-state index in [0.717, 1.165) is 28.5 Å². The van der Waals surface area contributed by atoms with Crippen molar-refractivity contribution in [3.63, 3.8) is 0 Å². The first-order valence-electron chi connectivity index (χ1n) is 8.86. The molecule has 1 N–H and O–H groups in total. The molecule has 0 saturated heterocycles. The van der Waals surface area contributed by atoms with E-state index in [4.69, 9.17) is 9.47 Å². The average Bonchev–Trinajstić information content (AvgIpc) is 3.15. The van der Waals surface area contributed by atoms with Crippen LogP contribution in [0.25, 0.3) is 10.8 Å². The number of benzene rings is 3. The maximum Gasteiger partial charge on any atom is 0.338 e. The summed E-state index contributed by atoms with van der Waals surface area (Å²) < 4.78 is 10.8. The number of carbonyl (C=O) groups is 2. The fourth-order valence-corrected chi connectivity index (χ4v) is 3.11. The summed E-state index contributed by atoms with van der Waals surface area (Å²) in [5.74, 6) is -0.0948. The molecule has 0 radical (unpaired) electrons. The van der Waals surface area contributed by atoms with Crippen LogP contribution in [0.2, 0.25) is 0 Å². The van der Waals surface area contributed by atoms with Gasteiger partial charge >= 0.3 is 5.97 Å². The van der Waals surface area contributed by atoms with Gasteiger partial charge in [0, 0.05) is 12.1 Å². The fraction of sp³-hybridized carbons (Fsp3) is 0.182. The molecule has 4 rings (SSSR count). The predicted octanol–water partition coefficient (Wildman–Crippen LogP) is 3.96. The van der Waals surface area contributed by atoms with Gasteiger partial charge in [-0.2, -0.15) is 0 Å². The number of esters is 1. The van der Waals surface area contributed by atoms with E-state index in [9.17, 15) is 9.59 Å². The predicted molar refractivity (Wildman–Crippen MR) is 103 cm³/mol. The molecule has 1 aliphatic heterocycles. The summed E-state index contributed by atoms with van der Waals surface area (Å²) in [7, 11) is 0. The maximum absolute atomic E-state index is 12.4. The van der Waals surface area contributed by atoms with Crippen molar-refractivity contribution in [3.05, 3.63) is 71.8 Å². The van der Waals surface area contributed by atoms with Crippen LogP contribution in [0.15, 0.2) is 60.7 Å². The third-order valence-electron chi connectivity index (χ3n) is 4.60. The Morgan fingerprint density at radius 2 is 1.85 bits per heavy atom. The summed E-state index contributed by atoms with van der Waals surface area (Å²) in [4.78, 5) is 24.7. The molecule has 1 heterocycles. The summed E-state index contributed by atoms with van der Waals surface area (Å²) in [5, 5.41) is 4.92. The van der Waals surface area contributed by atoms with Crippen LogP contribution in [0.3, 0.4) is 0 Å². The van der Waals surface area contributed by atoms with Crippen LogP contribution in [0.1, 0.15) is 22.8 Å². The third-order valence-corrected chi connectivity index (χ3v) is 4.60. The van der Waals surface area contributed by atoms with Gasteiger partial charge in [0.15, 0.2) is 6.10 Å². The number of carbonyl (C=O) groups excluding carboxylic acids is 2. The molecule has 1 amide bonds. The monoisotopic (exact) mass is 361 g/mol. The Bertz CT molecular complexity index is 1030. The van der Waals surface area contributed by atoms with E-state index in [1.165, 1.54) is 0 Å². The highest BCUT2D eigenvalue weighted by molar-refractivity contribution is 5.99. The highest BCUT2D eigenvalue weighted by Crippen LogP contribution is 2.26. The van der Waals surface area contributed by atoms with E-state index in [2.05, 4.69) is 5.32 Å². The highest BCUT2D eigenvalue weighted by atomic mass is 16.5. The van der Waals surface area contributed by atoms with Crippen molar-refractivity contribution in [1.29, 1.82) is 0 Å². The van der Waals surface area contributed by atoms with Crippen molar-refractivity contribution in [1.82, 2.24) is 0 Å². The van der Waals surface area contributed by atoms with Crippen molar-refractivity contribution in [2.24, 2.45) is 0 Å². The Labute approximate surface area is 156 Å². The van der Waals surface area contributed by atoms with Crippen LogP contribution in [0.4, 0.5) is 5.69 Å². The van der Waals surface area contributed by atoms with E-state index in [1.807, 2.05) is 42.5 Å². The van der Waals surface area contributed by atoms with E-state index in [0.29, 0.717) is 17.9 Å². The van der Waals surface area contributed by atoms with E-state index < -0.39 is 12.1 Å². The standard InChI is InChI=1S/C22H19NO4/c1-14(27-22(25)18-7-9-20-17(12-18)10-11-26-20)21(24)23-19-8-6-15-4-2-3-5-16(15)13-19/h2-9,12-14H,10-11H2,1H3,(H,23,24). The molecule has 0 aliphatic carbocycles. The topological polar surface area (TPSA) is 64.6 Å². The molecule has 27 heavy (non-hydrogen) atoms. The number of fused-ring (bicyclic) bond motifs is 2. The number of ether oxygens (including phenoxy) is 2. The molecule has 5 nitrogen and oxygen atoms in total.